The van der Waals surface area contributed by atoms with Gasteiger partial charge in [-0.05, 0) is 54.2 Å². The molecule has 0 radical (unpaired) electrons. The molecule has 0 aromatic heterocycles. The third-order valence-electron chi connectivity index (χ3n) is 6.68. The van der Waals surface area contributed by atoms with E-state index in [2.05, 4.69) is 58.7 Å². The molecule has 0 spiro atoms. The number of rotatable bonds is 6. The lowest BCUT2D eigenvalue weighted by atomic mass is 10.1. The van der Waals surface area contributed by atoms with E-state index in [1.54, 1.807) is 17.0 Å². The molecule has 5 nitrogen and oxygen atoms in total. The van der Waals surface area contributed by atoms with Gasteiger partial charge in [0.15, 0.2) is 0 Å². The third kappa shape index (κ3) is 4.63. The number of carbonyl (C=O) groups is 2. The molecular formula is C28H29N3O2. The first-order valence-electron chi connectivity index (χ1n) is 11.7. The highest BCUT2D eigenvalue weighted by Crippen LogP contribution is 2.28. The zero-order chi connectivity index (χ0) is 22.6. The van der Waals surface area contributed by atoms with Gasteiger partial charge in [0.25, 0.3) is 5.91 Å². The average molecular weight is 440 g/mol. The van der Waals surface area contributed by atoms with Crippen molar-refractivity contribution in [1.29, 1.82) is 0 Å². The van der Waals surface area contributed by atoms with Crippen molar-refractivity contribution in [2.45, 2.75) is 38.4 Å². The maximum Gasteiger partial charge on any atom is 0.254 e. The molecule has 0 aliphatic carbocycles. The van der Waals surface area contributed by atoms with Crippen molar-refractivity contribution in [2.24, 2.45) is 0 Å². The van der Waals surface area contributed by atoms with Crippen LogP contribution in [0.15, 0.2) is 78.9 Å². The van der Waals surface area contributed by atoms with Gasteiger partial charge in [-0.25, -0.2) is 0 Å². The average Bonchev–Trinajstić information content (AvgIpc) is 3.51. The van der Waals surface area contributed by atoms with Crippen molar-refractivity contribution in [2.75, 3.05) is 18.0 Å². The molecule has 2 aliphatic heterocycles. The van der Waals surface area contributed by atoms with Crippen molar-refractivity contribution in [3.8, 4) is 0 Å². The normalized spacial score (nSPS) is 17.2. The second kappa shape index (κ2) is 9.49. The van der Waals surface area contributed by atoms with E-state index >= 15 is 0 Å². The number of nitrogens with zero attached hydrogens (tertiary/aromatic N) is 2. The molecule has 0 bridgehead atoms. The van der Waals surface area contributed by atoms with E-state index in [1.807, 2.05) is 18.2 Å². The van der Waals surface area contributed by atoms with Crippen LogP contribution < -0.4 is 10.2 Å². The lowest BCUT2D eigenvalue weighted by Crippen LogP contribution is -2.45. The first-order valence-corrected chi connectivity index (χ1v) is 11.7. The number of amides is 2. The van der Waals surface area contributed by atoms with Crippen molar-refractivity contribution in [3.05, 3.63) is 101 Å². The Kier molecular flexibility index (Phi) is 6.11. The van der Waals surface area contributed by atoms with Gasteiger partial charge in [-0.3, -0.25) is 9.59 Å². The first-order chi connectivity index (χ1) is 16.2. The quantitative estimate of drug-likeness (QED) is 0.627. The van der Waals surface area contributed by atoms with Crippen LogP contribution in [0.4, 0.5) is 5.69 Å². The number of hydrogen-bond donors (Lipinski definition) is 1. The minimum Gasteiger partial charge on any atom is -0.367 e. The van der Waals surface area contributed by atoms with E-state index in [0.717, 1.165) is 31.5 Å². The van der Waals surface area contributed by atoms with Crippen LogP contribution >= 0.6 is 0 Å². The topological polar surface area (TPSA) is 52.7 Å². The molecule has 1 fully saturated rings. The highest BCUT2D eigenvalue weighted by Gasteiger charge is 2.34. The Labute approximate surface area is 195 Å². The van der Waals surface area contributed by atoms with Gasteiger partial charge in [0, 0.05) is 37.4 Å². The fourth-order valence-corrected chi connectivity index (χ4v) is 4.89. The van der Waals surface area contributed by atoms with Crippen LogP contribution in [0.1, 0.15) is 39.9 Å². The molecule has 5 rings (SSSR count). The van der Waals surface area contributed by atoms with Crippen LogP contribution in [0.2, 0.25) is 0 Å². The number of likely N-dealkylation sites (tertiary alicyclic amines) is 1. The molecule has 2 aliphatic rings. The fraction of sp³-hybridized carbons (Fsp3) is 0.286. The van der Waals surface area contributed by atoms with Crippen molar-refractivity contribution < 1.29 is 9.59 Å². The molecule has 2 heterocycles. The molecule has 3 aromatic rings. The number of fused-ring (bicyclic) bond motifs is 1. The summed E-state index contributed by atoms with van der Waals surface area (Å²) in [6.07, 6.45) is 2.66. The van der Waals surface area contributed by atoms with Crippen LogP contribution in [0, 0.1) is 0 Å². The standard InChI is InChI=1S/C28H29N3O2/c32-27(26-11-6-17-31(26)28(33)24-8-2-1-3-9-24)29-19-21-12-14-22(15-13-21)20-30-18-16-23-7-4-5-10-25(23)30/h1-5,7-10,12-15,26H,6,11,16-20H2,(H,29,32). The van der Waals surface area contributed by atoms with E-state index in [4.69, 9.17) is 0 Å². The van der Waals surface area contributed by atoms with Gasteiger partial charge in [-0.2, -0.15) is 0 Å². The maximum atomic E-state index is 12.9. The molecule has 5 heteroatoms. The Morgan fingerprint density at radius 3 is 2.39 bits per heavy atom. The number of benzene rings is 3. The maximum absolute atomic E-state index is 12.9. The van der Waals surface area contributed by atoms with Gasteiger partial charge >= 0.3 is 0 Å². The van der Waals surface area contributed by atoms with Gasteiger partial charge in [0.1, 0.15) is 6.04 Å². The third-order valence-corrected chi connectivity index (χ3v) is 6.68. The summed E-state index contributed by atoms with van der Waals surface area (Å²) >= 11 is 0. The summed E-state index contributed by atoms with van der Waals surface area (Å²) in [6.45, 7) is 3.04. The van der Waals surface area contributed by atoms with Crippen LogP contribution in [0.25, 0.3) is 0 Å². The molecule has 1 saturated heterocycles. The summed E-state index contributed by atoms with van der Waals surface area (Å²) in [7, 11) is 0. The van der Waals surface area contributed by atoms with Gasteiger partial charge in [0.05, 0.1) is 0 Å². The van der Waals surface area contributed by atoms with Crippen LogP contribution in [-0.2, 0) is 24.3 Å². The molecule has 0 saturated carbocycles. The van der Waals surface area contributed by atoms with E-state index in [0.29, 0.717) is 25.1 Å². The summed E-state index contributed by atoms with van der Waals surface area (Å²) < 4.78 is 0. The van der Waals surface area contributed by atoms with Gasteiger partial charge < -0.3 is 15.1 Å². The first kappa shape index (κ1) is 21.3. The fourth-order valence-electron chi connectivity index (χ4n) is 4.89. The highest BCUT2D eigenvalue weighted by atomic mass is 16.2. The Morgan fingerprint density at radius 1 is 0.848 bits per heavy atom. The molecule has 1 N–H and O–H groups in total. The van der Waals surface area contributed by atoms with Crippen molar-refractivity contribution >= 4 is 17.5 Å². The molecule has 2 amide bonds. The molecular weight excluding hydrogens is 410 g/mol. The zero-order valence-corrected chi connectivity index (χ0v) is 18.7. The predicted octanol–water partition coefficient (Wildman–Crippen LogP) is 4.17. The highest BCUT2D eigenvalue weighted by molar-refractivity contribution is 5.97. The molecule has 1 unspecified atom stereocenters. The predicted molar refractivity (Wildman–Crippen MR) is 130 cm³/mol. The second-order valence-corrected chi connectivity index (χ2v) is 8.86. The van der Waals surface area contributed by atoms with Crippen molar-refractivity contribution in [3.63, 3.8) is 0 Å². The zero-order valence-electron chi connectivity index (χ0n) is 18.7. The monoisotopic (exact) mass is 439 g/mol. The summed E-state index contributed by atoms with van der Waals surface area (Å²) in [5.41, 5.74) is 5.71. The Bertz CT molecular complexity index is 1130. The number of nitrogens with one attached hydrogen (secondary N) is 1. The Hall–Kier alpha value is -3.60. The number of carbonyl (C=O) groups excluding carboxylic acids is 2. The van der Waals surface area contributed by atoms with Gasteiger partial charge in [-0.1, -0.05) is 60.7 Å². The number of anilines is 1. The lowest BCUT2D eigenvalue weighted by Gasteiger charge is -2.24. The smallest absolute Gasteiger partial charge is 0.254 e. The molecule has 3 aromatic carbocycles. The lowest BCUT2D eigenvalue weighted by molar-refractivity contribution is -0.125. The van der Waals surface area contributed by atoms with Crippen LogP contribution in [0.5, 0.6) is 0 Å². The number of para-hydroxylation sites is 1. The minimum absolute atomic E-state index is 0.0684. The van der Waals surface area contributed by atoms with Crippen LogP contribution in [-0.4, -0.2) is 35.8 Å². The summed E-state index contributed by atoms with van der Waals surface area (Å²) in [5.74, 6) is -0.143. The number of hydrogen-bond acceptors (Lipinski definition) is 3. The van der Waals surface area contributed by atoms with E-state index in [-0.39, 0.29) is 11.8 Å². The SMILES string of the molecule is O=C(NCc1ccc(CN2CCc3ccccc32)cc1)C1CCCN1C(=O)c1ccccc1. The molecule has 168 valence electrons. The van der Waals surface area contributed by atoms with E-state index in [1.165, 1.54) is 16.8 Å². The Morgan fingerprint density at radius 2 is 1.58 bits per heavy atom. The summed E-state index contributed by atoms with van der Waals surface area (Å²) in [6, 6.07) is 25.9. The second-order valence-electron chi connectivity index (χ2n) is 8.86. The Balaban J connectivity index is 1.16. The minimum atomic E-state index is -0.396. The molecule has 1 atom stereocenters. The summed E-state index contributed by atoms with van der Waals surface area (Å²) in [5, 5.41) is 3.04. The van der Waals surface area contributed by atoms with E-state index < -0.39 is 6.04 Å². The van der Waals surface area contributed by atoms with Gasteiger partial charge in [0.2, 0.25) is 5.91 Å². The van der Waals surface area contributed by atoms with Gasteiger partial charge in [-0.15, -0.1) is 0 Å². The van der Waals surface area contributed by atoms with Crippen LogP contribution in [0.3, 0.4) is 0 Å². The largest absolute Gasteiger partial charge is 0.367 e. The van der Waals surface area contributed by atoms with Crippen molar-refractivity contribution in [1.82, 2.24) is 10.2 Å². The summed E-state index contributed by atoms with van der Waals surface area (Å²) in [4.78, 5) is 29.8. The van der Waals surface area contributed by atoms with E-state index in [9.17, 15) is 9.59 Å². The molecule has 33 heavy (non-hydrogen) atoms.